The monoisotopic (exact) mass is 400 g/mol. The Kier molecular flexibility index (Phi) is 7.35. The van der Waals surface area contributed by atoms with Gasteiger partial charge < -0.3 is 15.4 Å². The van der Waals surface area contributed by atoms with Gasteiger partial charge in [-0.3, -0.25) is 4.79 Å². The minimum absolute atomic E-state index is 0. The van der Waals surface area contributed by atoms with Gasteiger partial charge in [-0.1, -0.05) is 48.5 Å². The molecule has 2 aliphatic heterocycles. The van der Waals surface area contributed by atoms with Gasteiger partial charge in [0.25, 0.3) is 0 Å². The lowest BCUT2D eigenvalue weighted by atomic mass is 9.92. The van der Waals surface area contributed by atoms with Crippen molar-refractivity contribution >= 4 is 18.3 Å². The molecule has 2 aromatic carbocycles. The van der Waals surface area contributed by atoms with Crippen LogP contribution < -0.4 is 15.4 Å². The summed E-state index contributed by atoms with van der Waals surface area (Å²) in [6, 6.07) is 16.6. The number of para-hydroxylation sites is 1. The maximum atomic E-state index is 12.6. The quantitative estimate of drug-likeness (QED) is 0.777. The fraction of sp³-hybridized carbons (Fsp3) is 0.435. The molecular weight excluding hydrogens is 372 g/mol. The molecule has 1 unspecified atom stereocenters. The number of ether oxygens (including phenoxy) is 1. The van der Waals surface area contributed by atoms with Crippen molar-refractivity contribution in [3.8, 4) is 16.9 Å². The summed E-state index contributed by atoms with van der Waals surface area (Å²) in [6.45, 7) is 2.81. The second kappa shape index (κ2) is 9.94. The average Bonchev–Trinajstić information content (AvgIpc) is 2.73. The standard InChI is InChI=1S/C23H28N2O2.ClH/c26-22(10-9-17-11-14-24-15-12-17)25-21-13-16-27-23-19(7-4-8-20(21)23)18-5-2-1-3-6-18;/h1-8,17,21,24H,9-16H2,(H,25,26);1H. The molecule has 1 atom stereocenters. The first-order valence-electron chi connectivity index (χ1n) is 10.1. The van der Waals surface area contributed by atoms with Crippen LogP contribution >= 0.6 is 12.4 Å². The number of nitrogens with one attached hydrogen (secondary N) is 2. The lowest BCUT2D eigenvalue weighted by molar-refractivity contribution is -0.122. The van der Waals surface area contributed by atoms with E-state index in [1.165, 1.54) is 12.8 Å². The molecule has 0 spiro atoms. The van der Waals surface area contributed by atoms with Crippen molar-refractivity contribution in [1.29, 1.82) is 0 Å². The first-order valence-corrected chi connectivity index (χ1v) is 10.1. The van der Waals surface area contributed by atoms with Crippen LogP contribution in [0.1, 0.15) is 43.7 Å². The van der Waals surface area contributed by atoms with Gasteiger partial charge in [0.15, 0.2) is 0 Å². The van der Waals surface area contributed by atoms with Crippen LogP contribution in [0.3, 0.4) is 0 Å². The summed E-state index contributed by atoms with van der Waals surface area (Å²) in [5.74, 6) is 1.76. The molecule has 2 aliphatic rings. The van der Waals surface area contributed by atoms with Crippen molar-refractivity contribution < 1.29 is 9.53 Å². The van der Waals surface area contributed by atoms with Crippen molar-refractivity contribution in [3.63, 3.8) is 0 Å². The van der Waals surface area contributed by atoms with Crippen LogP contribution in [0.5, 0.6) is 5.75 Å². The maximum Gasteiger partial charge on any atom is 0.220 e. The lowest BCUT2D eigenvalue weighted by Gasteiger charge is -2.29. The van der Waals surface area contributed by atoms with Crippen molar-refractivity contribution in [2.24, 2.45) is 5.92 Å². The zero-order valence-corrected chi connectivity index (χ0v) is 17.0. The van der Waals surface area contributed by atoms with Crippen LogP contribution in [0.25, 0.3) is 11.1 Å². The summed E-state index contributed by atoms with van der Waals surface area (Å²) in [4.78, 5) is 12.6. The molecule has 1 amide bonds. The number of hydrogen-bond acceptors (Lipinski definition) is 3. The molecule has 1 fully saturated rings. The Hall–Kier alpha value is -2.04. The van der Waals surface area contributed by atoms with E-state index in [4.69, 9.17) is 4.74 Å². The zero-order valence-electron chi connectivity index (χ0n) is 16.2. The summed E-state index contributed by atoms with van der Waals surface area (Å²) >= 11 is 0. The third-order valence-electron chi connectivity index (χ3n) is 5.73. The van der Waals surface area contributed by atoms with E-state index in [0.29, 0.717) is 18.9 Å². The molecule has 0 bridgehead atoms. The summed E-state index contributed by atoms with van der Waals surface area (Å²) in [6.07, 6.45) is 4.81. The van der Waals surface area contributed by atoms with E-state index in [-0.39, 0.29) is 24.4 Å². The van der Waals surface area contributed by atoms with Gasteiger partial charge in [-0.15, -0.1) is 12.4 Å². The fourth-order valence-corrected chi connectivity index (χ4v) is 4.19. The number of rotatable bonds is 5. The first-order chi connectivity index (χ1) is 13.3. The molecule has 4 nitrogen and oxygen atoms in total. The maximum absolute atomic E-state index is 12.6. The molecule has 0 aliphatic carbocycles. The van der Waals surface area contributed by atoms with E-state index < -0.39 is 0 Å². The van der Waals surface area contributed by atoms with Gasteiger partial charge >= 0.3 is 0 Å². The molecule has 1 saturated heterocycles. The molecule has 28 heavy (non-hydrogen) atoms. The van der Waals surface area contributed by atoms with Gasteiger partial charge in [0.05, 0.1) is 12.6 Å². The second-order valence-electron chi connectivity index (χ2n) is 7.58. The molecule has 4 rings (SSSR count). The summed E-state index contributed by atoms with van der Waals surface area (Å²) < 4.78 is 6.02. The van der Waals surface area contributed by atoms with E-state index in [1.807, 2.05) is 18.2 Å². The molecule has 5 heteroatoms. The van der Waals surface area contributed by atoms with Crippen LogP contribution in [0.4, 0.5) is 0 Å². The predicted octanol–water partition coefficient (Wildman–Crippen LogP) is 4.50. The number of carbonyl (C=O) groups is 1. The number of benzene rings is 2. The van der Waals surface area contributed by atoms with Gasteiger partial charge in [-0.05, 0) is 43.8 Å². The molecular formula is C23H29ClN2O2. The molecule has 0 radical (unpaired) electrons. The summed E-state index contributed by atoms with van der Waals surface area (Å²) in [7, 11) is 0. The normalized spacial score (nSPS) is 19.1. The Morgan fingerprint density at radius 3 is 2.61 bits per heavy atom. The second-order valence-corrected chi connectivity index (χ2v) is 7.58. The summed E-state index contributed by atoms with van der Waals surface area (Å²) in [5, 5.41) is 6.64. The van der Waals surface area contributed by atoms with Gasteiger partial charge in [-0.2, -0.15) is 0 Å². The van der Waals surface area contributed by atoms with E-state index in [9.17, 15) is 4.79 Å². The molecule has 0 aromatic heterocycles. The first kappa shape index (κ1) is 20.7. The number of halogens is 1. The average molecular weight is 401 g/mol. The Balaban J connectivity index is 0.00000225. The molecule has 150 valence electrons. The van der Waals surface area contributed by atoms with Crippen LogP contribution in [-0.2, 0) is 4.79 Å². The predicted molar refractivity (Wildman–Crippen MR) is 115 cm³/mol. The van der Waals surface area contributed by atoms with Crippen molar-refractivity contribution in [2.75, 3.05) is 19.7 Å². The molecule has 2 heterocycles. The highest BCUT2D eigenvalue weighted by molar-refractivity contribution is 5.85. The Morgan fingerprint density at radius 2 is 1.82 bits per heavy atom. The van der Waals surface area contributed by atoms with Gasteiger partial charge in [0, 0.05) is 24.0 Å². The van der Waals surface area contributed by atoms with E-state index >= 15 is 0 Å². The Morgan fingerprint density at radius 1 is 1.04 bits per heavy atom. The third-order valence-corrected chi connectivity index (χ3v) is 5.73. The fourth-order valence-electron chi connectivity index (χ4n) is 4.19. The van der Waals surface area contributed by atoms with Crippen molar-refractivity contribution in [1.82, 2.24) is 10.6 Å². The van der Waals surface area contributed by atoms with Crippen LogP contribution in [0.2, 0.25) is 0 Å². The topological polar surface area (TPSA) is 50.4 Å². The number of piperidine rings is 1. The number of hydrogen-bond donors (Lipinski definition) is 2. The van der Waals surface area contributed by atoms with Crippen LogP contribution in [0, 0.1) is 5.92 Å². The van der Waals surface area contributed by atoms with Crippen LogP contribution in [0.15, 0.2) is 48.5 Å². The summed E-state index contributed by atoms with van der Waals surface area (Å²) in [5.41, 5.74) is 3.34. The van der Waals surface area contributed by atoms with E-state index in [1.54, 1.807) is 0 Å². The van der Waals surface area contributed by atoms with E-state index in [2.05, 4.69) is 41.0 Å². The van der Waals surface area contributed by atoms with Crippen molar-refractivity contribution in [3.05, 3.63) is 54.1 Å². The zero-order chi connectivity index (χ0) is 18.5. The largest absolute Gasteiger partial charge is 0.492 e. The van der Waals surface area contributed by atoms with E-state index in [0.717, 1.165) is 48.4 Å². The number of amides is 1. The SMILES string of the molecule is Cl.O=C(CCC1CCNCC1)NC1CCOc2c(-c3ccccc3)cccc21. The third kappa shape index (κ3) is 4.86. The number of carbonyl (C=O) groups excluding carboxylic acids is 1. The van der Waals surface area contributed by atoms with Gasteiger partial charge in [-0.25, -0.2) is 0 Å². The van der Waals surface area contributed by atoms with Crippen molar-refractivity contribution in [2.45, 2.75) is 38.1 Å². The highest BCUT2D eigenvalue weighted by Gasteiger charge is 2.25. The molecule has 2 N–H and O–H groups in total. The molecule has 2 aromatic rings. The highest BCUT2D eigenvalue weighted by atomic mass is 35.5. The Labute approximate surface area is 173 Å². The lowest BCUT2D eigenvalue weighted by Crippen LogP contribution is -2.33. The Bertz CT molecular complexity index is 775. The van der Waals surface area contributed by atoms with Gasteiger partial charge in [0.2, 0.25) is 5.91 Å². The smallest absolute Gasteiger partial charge is 0.220 e. The minimum atomic E-state index is 0. The van der Waals surface area contributed by atoms with Gasteiger partial charge in [0.1, 0.15) is 5.75 Å². The van der Waals surface area contributed by atoms with Crippen LogP contribution in [-0.4, -0.2) is 25.6 Å². The highest BCUT2D eigenvalue weighted by Crippen LogP contribution is 2.40. The minimum Gasteiger partial charge on any atom is -0.492 e. The number of fused-ring (bicyclic) bond motifs is 1. The molecule has 0 saturated carbocycles.